The number of carbonyl (C=O) groups excluding carboxylic acids is 1. The van der Waals surface area contributed by atoms with E-state index in [9.17, 15) is 13.6 Å². The van der Waals surface area contributed by atoms with Crippen LogP contribution in [-0.4, -0.2) is 19.1 Å². The van der Waals surface area contributed by atoms with Gasteiger partial charge in [-0.2, -0.15) is 8.78 Å². The molecule has 4 nitrogen and oxygen atoms in total. The number of aryl methyl sites for hydroxylation is 1. The standard InChI is InChI=1S/C19H21F2NO3/c1-14-4-2-5-17(12-14)24-11-3-6-18(23)22-13-15-7-9-16(10-8-15)25-19(20)21/h2,4-5,7-10,12,19H,3,6,11,13H2,1H3,(H,22,23). The van der Waals surface area contributed by atoms with Gasteiger partial charge < -0.3 is 14.8 Å². The zero-order chi connectivity index (χ0) is 18.1. The number of carbonyl (C=O) groups is 1. The fourth-order valence-electron chi connectivity index (χ4n) is 2.21. The number of rotatable bonds is 9. The van der Waals surface area contributed by atoms with Gasteiger partial charge in [-0.05, 0) is 48.7 Å². The molecule has 0 atom stereocenters. The zero-order valence-electron chi connectivity index (χ0n) is 14.0. The van der Waals surface area contributed by atoms with Crippen molar-refractivity contribution < 1.29 is 23.0 Å². The van der Waals surface area contributed by atoms with Gasteiger partial charge in [-0.3, -0.25) is 4.79 Å². The lowest BCUT2D eigenvalue weighted by atomic mass is 10.2. The first kappa shape index (κ1) is 18.7. The molecule has 6 heteroatoms. The van der Waals surface area contributed by atoms with E-state index in [1.807, 2.05) is 31.2 Å². The van der Waals surface area contributed by atoms with E-state index in [0.717, 1.165) is 16.9 Å². The third kappa shape index (κ3) is 7.20. The van der Waals surface area contributed by atoms with E-state index in [0.29, 0.717) is 26.0 Å². The quantitative estimate of drug-likeness (QED) is 0.694. The van der Waals surface area contributed by atoms with Crippen LogP contribution < -0.4 is 14.8 Å². The van der Waals surface area contributed by atoms with Gasteiger partial charge in [0.05, 0.1) is 6.61 Å². The number of ether oxygens (including phenoxy) is 2. The summed E-state index contributed by atoms with van der Waals surface area (Å²) in [7, 11) is 0. The van der Waals surface area contributed by atoms with E-state index in [-0.39, 0.29) is 11.7 Å². The van der Waals surface area contributed by atoms with E-state index >= 15 is 0 Å². The van der Waals surface area contributed by atoms with Crippen molar-refractivity contribution in [2.24, 2.45) is 0 Å². The number of alkyl halides is 2. The van der Waals surface area contributed by atoms with E-state index in [4.69, 9.17) is 4.74 Å². The van der Waals surface area contributed by atoms with Gasteiger partial charge in [0.25, 0.3) is 0 Å². The van der Waals surface area contributed by atoms with Crippen molar-refractivity contribution in [1.29, 1.82) is 0 Å². The van der Waals surface area contributed by atoms with Crippen LogP contribution in [0.25, 0.3) is 0 Å². The Balaban J connectivity index is 1.63. The summed E-state index contributed by atoms with van der Waals surface area (Å²) in [5.74, 6) is 0.811. The molecule has 0 fully saturated rings. The molecule has 0 saturated carbocycles. The Morgan fingerprint density at radius 2 is 1.88 bits per heavy atom. The molecule has 0 radical (unpaired) electrons. The van der Waals surface area contributed by atoms with E-state index < -0.39 is 6.61 Å². The summed E-state index contributed by atoms with van der Waals surface area (Å²) in [6, 6.07) is 13.9. The average molecular weight is 349 g/mol. The topological polar surface area (TPSA) is 47.6 Å². The van der Waals surface area contributed by atoms with Gasteiger partial charge in [0.1, 0.15) is 11.5 Å². The molecular formula is C19H21F2NO3. The molecular weight excluding hydrogens is 328 g/mol. The molecule has 0 aliphatic heterocycles. The Labute approximate surface area is 145 Å². The molecule has 0 aliphatic rings. The van der Waals surface area contributed by atoms with Crippen molar-refractivity contribution in [3.05, 3.63) is 59.7 Å². The van der Waals surface area contributed by atoms with Gasteiger partial charge in [0.2, 0.25) is 5.91 Å². The van der Waals surface area contributed by atoms with Crippen LogP contribution in [-0.2, 0) is 11.3 Å². The molecule has 1 N–H and O–H groups in total. The van der Waals surface area contributed by atoms with Crippen LogP contribution in [0.5, 0.6) is 11.5 Å². The molecule has 25 heavy (non-hydrogen) atoms. The zero-order valence-corrected chi connectivity index (χ0v) is 14.0. The normalized spacial score (nSPS) is 10.6. The molecule has 134 valence electrons. The molecule has 1 amide bonds. The first-order valence-corrected chi connectivity index (χ1v) is 8.03. The Kier molecular flexibility index (Phi) is 7.19. The number of nitrogens with one attached hydrogen (secondary N) is 1. The summed E-state index contributed by atoms with van der Waals surface area (Å²) in [5.41, 5.74) is 1.94. The van der Waals surface area contributed by atoms with Gasteiger partial charge in [0.15, 0.2) is 0 Å². The average Bonchev–Trinajstić information content (AvgIpc) is 2.58. The maximum absolute atomic E-state index is 12.1. The summed E-state index contributed by atoms with van der Waals surface area (Å²) in [6.07, 6.45) is 0.972. The second-order valence-electron chi connectivity index (χ2n) is 5.57. The van der Waals surface area contributed by atoms with E-state index in [1.165, 1.54) is 12.1 Å². The Hall–Kier alpha value is -2.63. The largest absolute Gasteiger partial charge is 0.494 e. The molecule has 2 rings (SSSR count). The van der Waals surface area contributed by atoms with E-state index in [1.54, 1.807) is 12.1 Å². The number of amides is 1. The van der Waals surface area contributed by atoms with Crippen LogP contribution in [0.1, 0.15) is 24.0 Å². The molecule has 0 unspecified atom stereocenters. The number of hydrogen-bond acceptors (Lipinski definition) is 3. The van der Waals surface area contributed by atoms with Gasteiger partial charge in [-0.1, -0.05) is 24.3 Å². The minimum atomic E-state index is -2.84. The number of benzene rings is 2. The summed E-state index contributed by atoms with van der Waals surface area (Å²) < 4.78 is 34.0. The van der Waals surface area contributed by atoms with Crippen LogP contribution in [0.3, 0.4) is 0 Å². The highest BCUT2D eigenvalue weighted by Gasteiger charge is 2.05. The van der Waals surface area contributed by atoms with Crippen molar-refractivity contribution in [3.63, 3.8) is 0 Å². The van der Waals surface area contributed by atoms with Crippen LogP contribution in [0.15, 0.2) is 48.5 Å². The predicted molar refractivity (Wildman–Crippen MR) is 90.8 cm³/mol. The monoisotopic (exact) mass is 349 g/mol. The van der Waals surface area contributed by atoms with Crippen molar-refractivity contribution in [2.75, 3.05) is 6.61 Å². The maximum Gasteiger partial charge on any atom is 0.387 e. The Bertz CT molecular complexity index is 675. The Morgan fingerprint density at radius 3 is 2.56 bits per heavy atom. The van der Waals surface area contributed by atoms with Crippen LogP contribution in [0.2, 0.25) is 0 Å². The molecule has 0 aromatic heterocycles. The summed E-state index contributed by atoms with van der Waals surface area (Å²) in [4.78, 5) is 11.8. The molecule has 0 saturated heterocycles. The highest BCUT2D eigenvalue weighted by molar-refractivity contribution is 5.75. The lowest BCUT2D eigenvalue weighted by Crippen LogP contribution is -2.22. The second-order valence-corrected chi connectivity index (χ2v) is 5.57. The van der Waals surface area contributed by atoms with Crippen LogP contribution in [0.4, 0.5) is 8.78 Å². The van der Waals surface area contributed by atoms with Crippen LogP contribution >= 0.6 is 0 Å². The van der Waals surface area contributed by atoms with Gasteiger partial charge in [-0.15, -0.1) is 0 Å². The lowest BCUT2D eigenvalue weighted by Gasteiger charge is -2.08. The molecule has 0 spiro atoms. The molecule has 0 bridgehead atoms. The number of hydrogen-bond donors (Lipinski definition) is 1. The SMILES string of the molecule is Cc1cccc(OCCCC(=O)NCc2ccc(OC(F)F)cc2)c1. The van der Waals surface area contributed by atoms with Crippen LogP contribution in [0, 0.1) is 6.92 Å². The van der Waals surface area contributed by atoms with Crippen molar-refractivity contribution in [3.8, 4) is 11.5 Å². The van der Waals surface area contributed by atoms with Gasteiger partial charge in [-0.25, -0.2) is 0 Å². The van der Waals surface area contributed by atoms with E-state index in [2.05, 4.69) is 10.1 Å². The predicted octanol–water partition coefficient (Wildman–Crippen LogP) is 4.07. The molecule has 0 aliphatic carbocycles. The maximum atomic E-state index is 12.1. The third-order valence-electron chi connectivity index (χ3n) is 3.44. The smallest absolute Gasteiger partial charge is 0.387 e. The summed E-state index contributed by atoms with van der Waals surface area (Å²) in [5, 5.41) is 2.78. The first-order valence-electron chi connectivity index (χ1n) is 8.03. The molecule has 2 aromatic rings. The summed E-state index contributed by atoms with van der Waals surface area (Å²) in [6.45, 7) is -0.0391. The fourth-order valence-corrected chi connectivity index (χ4v) is 2.21. The third-order valence-corrected chi connectivity index (χ3v) is 3.44. The van der Waals surface area contributed by atoms with Crippen molar-refractivity contribution in [2.45, 2.75) is 32.9 Å². The Morgan fingerprint density at radius 1 is 1.12 bits per heavy atom. The highest BCUT2D eigenvalue weighted by atomic mass is 19.3. The highest BCUT2D eigenvalue weighted by Crippen LogP contribution is 2.15. The fraction of sp³-hybridized carbons (Fsp3) is 0.316. The minimum absolute atomic E-state index is 0.0826. The van der Waals surface area contributed by atoms with Gasteiger partial charge in [0, 0.05) is 13.0 Å². The number of halogens is 2. The van der Waals surface area contributed by atoms with Gasteiger partial charge >= 0.3 is 6.61 Å². The first-order chi connectivity index (χ1) is 12.0. The second kappa shape index (κ2) is 9.61. The molecule has 2 aromatic carbocycles. The van der Waals surface area contributed by atoms with Crippen molar-refractivity contribution >= 4 is 5.91 Å². The lowest BCUT2D eigenvalue weighted by molar-refractivity contribution is -0.121. The summed E-state index contributed by atoms with van der Waals surface area (Å²) >= 11 is 0. The van der Waals surface area contributed by atoms with Crippen molar-refractivity contribution in [1.82, 2.24) is 5.32 Å². The molecule has 0 heterocycles. The minimum Gasteiger partial charge on any atom is -0.494 e.